The minimum absolute atomic E-state index is 0.771. The second kappa shape index (κ2) is 3.83. The van der Waals surface area contributed by atoms with Gasteiger partial charge in [-0.3, -0.25) is 0 Å². The number of rotatable bonds is 1. The average Bonchev–Trinajstić information content (AvgIpc) is 2.17. The van der Waals surface area contributed by atoms with Gasteiger partial charge in [0.1, 0.15) is 0 Å². The highest BCUT2D eigenvalue weighted by Gasteiger charge is 2.30. The van der Waals surface area contributed by atoms with Gasteiger partial charge < -0.3 is 5.32 Å². The van der Waals surface area contributed by atoms with E-state index in [1.807, 2.05) is 0 Å². The number of allylic oxidation sites excluding steroid dienone is 1. The van der Waals surface area contributed by atoms with E-state index in [1.54, 1.807) is 0 Å². The molecule has 1 fully saturated rings. The van der Waals surface area contributed by atoms with Gasteiger partial charge in [0.25, 0.3) is 0 Å². The van der Waals surface area contributed by atoms with Crippen molar-refractivity contribution in [3.05, 3.63) is 12.2 Å². The van der Waals surface area contributed by atoms with Gasteiger partial charge in [-0.05, 0) is 37.5 Å². The molecule has 0 radical (unpaired) electrons. The Morgan fingerprint density at radius 2 is 2.08 bits per heavy atom. The highest BCUT2D eigenvalue weighted by atomic mass is 15.0. The van der Waals surface area contributed by atoms with Crippen molar-refractivity contribution < 1.29 is 0 Å². The Kier molecular flexibility index (Phi) is 2.73. The molecule has 1 N–H and O–H groups in total. The lowest BCUT2D eigenvalue weighted by Gasteiger charge is -2.39. The summed E-state index contributed by atoms with van der Waals surface area (Å²) in [5.41, 5.74) is 0. The van der Waals surface area contributed by atoms with Gasteiger partial charge in [-0.1, -0.05) is 26.0 Å². The molecule has 1 aliphatic heterocycles. The van der Waals surface area contributed by atoms with E-state index in [9.17, 15) is 0 Å². The molecule has 3 unspecified atom stereocenters. The Hall–Kier alpha value is -0.300. The van der Waals surface area contributed by atoms with Crippen LogP contribution in [0.5, 0.6) is 0 Å². The first-order valence-corrected chi connectivity index (χ1v) is 5.70. The minimum Gasteiger partial charge on any atom is -0.310 e. The van der Waals surface area contributed by atoms with Crippen molar-refractivity contribution in [3.63, 3.8) is 0 Å². The van der Waals surface area contributed by atoms with E-state index in [1.165, 1.54) is 25.7 Å². The highest BCUT2D eigenvalue weighted by molar-refractivity contribution is 5.03. The van der Waals surface area contributed by atoms with E-state index in [4.69, 9.17) is 0 Å². The van der Waals surface area contributed by atoms with Gasteiger partial charge in [0.2, 0.25) is 0 Å². The number of hydrogen-bond donors (Lipinski definition) is 1. The van der Waals surface area contributed by atoms with Crippen LogP contribution >= 0.6 is 0 Å². The van der Waals surface area contributed by atoms with Crippen LogP contribution in [0, 0.1) is 11.8 Å². The van der Waals surface area contributed by atoms with E-state index in [0.717, 1.165) is 23.9 Å². The molecule has 2 aliphatic rings. The molecule has 0 saturated carbocycles. The van der Waals surface area contributed by atoms with Crippen molar-refractivity contribution in [2.45, 2.75) is 51.6 Å². The van der Waals surface area contributed by atoms with Crippen molar-refractivity contribution in [1.82, 2.24) is 5.32 Å². The second-order valence-corrected chi connectivity index (χ2v) is 4.87. The van der Waals surface area contributed by atoms with Gasteiger partial charge in [-0.2, -0.15) is 0 Å². The number of fused-ring (bicyclic) bond motifs is 1. The SMILES string of the molecule is CC(C)C1CCC2C=CCCC2N1. The van der Waals surface area contributed by atoms with Gasteiger partial charge in [0.05, 0.1) is 0 Å². The molecule has 0 aromatic carbocycles. The largest absolute Gasteiger partial charge is 0.310 e. The van der Waals surface area contributed by atoms with Crippen LogP contribution in [0.2, 0.25) is 0 Å². The Morgan fingerprint density at radius 1 is 1.23 bits per heavy atom. The maximum Gasteiger partial charge on any atom is 0.0135 e. The molecule has 13 heavy (non-hydrogen) atoms. The summed E-state index contributed by atoms with van der Waals surface area (Å²) < 4.78 is 0. The number of hydrogen-bond acceptors (Lipinski definition) is 1. The van der Waals surface area contributed by atoms with Gasteiger partial charge in [0.15, 0.2) is 0 Å². The molecule has 1 saturated heterocycles. The van der Waals surface area contributed by atoms with Gasteiger partial charge in [0, 0.05) is 12.1 Å². The standard InChI is InChI=1S/C12H21N/c1-9(2)11-8-7-10-5-3-4-6-12(10)13-11/h3,5,9-13H,4,6-8H2,1-2H3. The van der Waals surface area contributed by atoms with Crippen molar-refractivity contribution in [3.8, 4) is 0 Å². The van der Waals surface area contributed by atoms with Crippen LogP contribution < -0.4 is 5.32 Å². The Bertz CT molecular complexity index is 195. The van der Waals surface area contributed by atoms with Crippen LogP contribution in [0.1, 0.15) is 39.5 Å². The van der Waals surface area contributed by atoms with Crippen LogP contribution in [-0.4, -0.2) is 12.1 Å². The monoisotopic (exact) mass is 179 g/mol. The summed E-state index contributed by atoms with van der Waals surface area (Å²) in [7, 11) is 0. The fourth-order valence-corrected chi connectivity index (χ4v) is 2.66. The zero-order chi connectivity index (χ0) is 9.26. The lowest BCUT2D eigenvalue weighted by Crippen LogP contribution is -2.49. The Balaban J connectivity index is 1.97. The first-order valence-electron chi connectivity index (χ1n) is 5.70. The van der Waals surface area contributed by atoms with E-state index in [-0.39, 0.29) is 0 Å². The topological polar surface area (TPSA) is 12.0 Å². The van der Waals surface area contributed by atoms with Crippen molar-refractivity contribution in [1.29, 1.82) is 0 Å². The van der Waals surface area contributed by atoms with Crippen LogP contribution in [0.4, 0.5) is 0 Å². The van der Waals surface area contributed by atoms with Crippen LogP contribution in [0.15, 0.2) is 12.2 Å². The molecule has 0 amide bonds. The zero-order valence-electron chi connectivity index (χ0n) is 8.79. The molecule has 3 atom stereocenters. The quantitative estimate of drug-likeness (QED) is 0.610. The van der Waals surface area contributed by atoms with Gasteiger partial charge in [-0.15, -0.1) is 0 Å². The van der Waals surface area contributed by atoms with Gasteiger partial charge in [-0.25, -0.2) is 0 Å². The summed E-state index contributed by atoms with van der Waals surface area (Å²) in [6, 6.07) is 1.55. The molecule has 1 heteroatoms. The van der Waals surface area contributed by atoms with Crippen LogP contribution in [-0.2, 0) is 0 Å². The summed E-state index contributed by atoms with van der Waals surface area (Å²) in [6.07, 6.45) is 10.2. The Morgan fingerprint density at radius 3 is 2.85 bits per heavy atom. The summed E-state index contributed by atoms with van der Waals surface area (Å²) in [6.45, 7) is 4.66. The summed E-state index contributed by atoms with van der Waals surface area (Å²) >= 11 is 0. The predicted octanol–water partition coefficient (Wildman–Crippen LogP) is 2.73. The maximum atomic E-state index is 3.80. The molecule has 0 aromatic heterocycles. The lowest BCUT2D eigenvalue weighted by molar-refractivity contribution is 0.213. The molecular weight excluding hydrogens is 158 g/mol. The fraction of sp³-hybridized carbons (Fsp3) is 0.833. The first-order chi connectivity index (χ1) is 6.27. The fourth-order valence-electron chi connectivity index (χ4n) is 2.66. The highest BCUT2D eigenvalue weighted by Crippen LogP contribution is 2.29. The van der Waals surface area contributed by atoms with Crippen LogP contribution in [0.25, 0.3) is 0 Å². The molecule has 1 heterocycles. The molecule has 1 nitrogen and oxygen atoms in total. The predicted molar refractivity (Wildman–Crippen MR) is 56.6 cm³/mol. The molecule has 74 valence electrons. The molecular formula is C12H21N. The molecule has 0 spiro atoms. The second-order valence-electron chi connectivity index (χ2n) is 4.87. The Labute approximate surface area is 81.6 Å². The van der Waals surface area contributed by atoms with E-state index in [2.05, 4.69) is 31.3 Å². The first kappa shape index (κ1) is 9.26. The zero-order valence-corrected chi connectivity index (χ0v) is 8.79. The van der Waals surface area contributed by atoms with E-state index < -0.39 is 0 Å². The third-order valence-electron chi connectivity index (χ3n) is 3.59. The number of piperidine rings is 1. The van der Waals surface area contributed by atoms with E-state index in [0.29, 0.717) is 0 Å². The summed E-state index contributed by atoms with van der Waals surface area (Å²) in [5, 5.41) is 3.80. The summed E-state index contributed by atoms with van der Waals surface area (Å²) in [5.74, 6) is 1.63. The number of nitrogens with one attached hydrogen (secondary N) is 1. The summed E-state index contributed by atoms with van der Waals surface area (Å²) in [4.78, 5) is 0. The molecule has 0 aromatic rings. The average molecular weight is 179 g/mol. The minimum atomic E-state index is 0.771. The molecule has 2 rings (SSSR count). The van der Waals surface area contributed by atoms with Crippen LogP contribution in [0.3, 0.4) is 0 Å². The maximum absolute atomic E-state index is 3.80. The molecule has 1 aliphatic carbocycles. The normalized spacial score (nSPS) is 39.2. The van der Waals surface area contributed by atoms with Crippen molar-refractivity contribution >= 4 is 0 Å². The molecule has 0 bridgehead atoms. The van der Waals surface area contributed by atoms with Gasteiger partial charge >= 0.3 is 0 Å². The smallest absolute Gasteiger partial charge is 0.0135 e. The van der Waals surface area contributed by atoms with E-state index >= 15 is 0 Å². The van der Waals surface area contributed by atoms with Crippen molar-refractivity contribution in [2.24, 2.45) is 11.8 Å². The third kappa shape index (κ3) is 1.96. The lowest BCUT2D eigenvalue weighted by atomic mass is 9.79. The van der Waals surface area contributed by atoms with Crippen molar-refractivity contribution in [2.75, 3.05) is 0 Å². The third-order valence-corrected chi connectivity index (χ3v) is 3.59.